The first kappa shape index (κ1) is 18.5. The van der Waals surface area contributed by atoms with E-state index in [-0.39, 0.29) is 5.75 Å². The van der Waals surface area contributed by atoms with Crippen LogP contribution in [0.4, 0.5) is 11.4 Å². The maximum atomic E-state index is 11.7. The maximum Gasteiger partial charge on any atom is 0.233 e. The molecule has 0 fully saturated rings. The number of fused-ring (bicyclic) bond motifs is 1. The highest BCUT2D eigenvalue weighted by molar-refractivity contribution is 7.92. The Morgan fingerprint density at radius 3 is 2.69 bits per heavy atom. The summed E-state index contributed by atoms with van der Waals surface area (Å²) in [6.45, 7) is 2.28. The van der Waals surface area contributed by atoms with Gasteiger partial charge in [0.05, 0.1) is 11.4 Å². The molecule has 0 aromatic heterocycles. The fourth-order valence-electron chi connectivity index (χ4n) is 2.94. The zero-order valence-electron chi connectivity index (χ0n) is 14.9. The number of ether oxygens (including phenoxy) is 1. The van der Waals surface area contributed by atoms with Gasteiger partial charge in [-0.1, -0.05) is 18.2 Å². The van der Waals surface area contributed by atoms with Crippen LogP contribution in [0.1, 0.15) is 11.1 Å². The summed E-state index contributed by atoms with van der Waals surface area (Å²) in [5.41, 5.74) is 9.31. The van der Waals surface area contributed by atoms with Gasteiger partial charge in [-0.05, 0) is 49.7 Å². The van der Waals surface area contributed by atoms with Crippen LogP contribution < -0.4 is 15.2 Å². The highest BCUT2D eigenvalue weighted by Gasteiger charge is 2.22. The van der Waals surface area contributed by atoms with Crippen molar-refractivity contribution >= 4 is 21.4 Å². The number of hydrogen-bond donors (Lipinski definition) is 2. The lowest BCUT2D eigenvalue weighted by molar-refractivity contribution is 0.237. The van der Waals surface area contributed by atoms with Gasteiger partial charge in [0.15, 0.2) is 0 Å². The number of rotatable bonds is 7. The number of nitrogen functional groups attached to an aromatic ring is 1. The molecule has 140 valence electrons. The molecule has 1 heterocycles. The molecule has 0 spiro atoms. The monoisotopic (exact) mass is 375 g/mol. The second kappa shape index (κ2) is 7.97. The number of hydrogen-bond acceptors (Lipinski definition) is 5. The minimum absolute atomic E-state index is 0.0991. The number of likely N-dealkylation sites (N-methyl/N-ethyl adjacent to an activating group) is 1. The number of sulfonamides is 1. The van der Waals surface area contributed by atoms with E-state index in [0.29, 0.717) is 18.7 Å². The summed E-state index contributed by atoms with van der Waals surface area (Å²) in [6, 6.07) is 13.4. The summed E-state index contributed by atoms with van der Waals surface area (Å²) >= 11 is 0. The molecule has 0 saturated carbocycles. The summed E-state index contributed by atoms with van der Waals surface area (Å²) in [5, 5.41) is 0. The Labute approximate surface area is 155 Å². The summed E-state index contributed by atoms with van der Waals surface area (Å²) in [6.07, 6.45) is 1.44. The van der Waals surface area contributed by atoms with E-state index in [1.54, 1.807) is 6.07 Å². The predicted molar refractivity (Wildman–Crippen MR) is 105 cm³/mol. The van der Waals surface area contributed by atoms with Crippen LogP contribution in [0.5, 0.6) is 5.75 Å². The number of benzene rings is 2. The van der Waals surface area contributed by atoms with Crippen LogP contribution in [-0.4, -0.2) is 45.8 Å². The maximum absolute atomic E-state index is 11.7. The lowest BCUT2D eigenvalue weighted by Gasteiger charge is -2.22. The molecule has 1 aliphatic rings. The van der Waals surface area contributed by atoms with Crippen molar-refractivity contribution in [3.8, 4) is 5.75 Å². The molecule has 2 aromatic rings. The molecule has 0 saturated heterocycles. The van der Waals surface area contributed by atoms with Crippen molar-refractivity contribution in [1.29, 1.82) is 0 Å². The second-order valence-corrected chi connectivity index (χ2v) is 8.44. The van der Waals surface area contributed by atoms with Crippen molar-refractivity contribution < 1.29 is 13.2 Å². The van der Waals surface area contributed by atoms with Crippen molar-refractivity contribution in [2.75, 3.05) is 43.0 Å². The van der Waals surface area contributed by atoms with Crippen LogP contribution in [0.15, 0.2) is 42.5 Å². The van der Waals surface area contributed by atoms with Crippen LogP contribution in [0, 0.1) is 0 Å². The minimum Gasteiger partial charge on any atom is -0.492 e. The van der Waals surface area contributed by atoms with Gasteiger partial charge in [0.1, 0.15) is 12.4 Å². The highest BCUT2D eigenvalue weighted by atomic mass is 32.2. The highest BCUT2D eigenvalue weighted by Crippen LogP contribution is 2.31. The van der Waals surface area contributed by atoms with Gasteiger partial charge >= 0.3 is 0 Å². The molecular weight excluding hydrogens is 350 g/mol. The molecule has 7 heteroatoms. The minimum atomic E-state index is -3.20. The lowest BCUT2D eigenvalue weighted by atomic mass is 10.1. The molecule has 1 aliphatic heterocycles. The molecule has 6 nitrogen and oxygen atoms in total. The first-order valence-electron chi connectivity index (χ1n) is 8.71. The van der Waals surface area contributed by atoms with Gasteiger partial charge in [-0.15, -0.1) is 0 Å². The fourth-order valence-corrected chi connectivity index (χ4v) is 4.04. The van der Waals surface area contributed by atoms with Crippen molar-refractivity contribution in [1.82, 2.24) is 4.90 Å². The van der Waals surface area contributed by atoms with Crippen molar-refractivity contribution in [3.05, 3.63) is 53.6 Å². The molecule has 2 aromatic carbocycles. The Morgan fingerprint density at radius 2 is 1.92 bits per heavy atom. The number of nitrogens with one attached hydrogen (secondary N) is 1. The van der Waals surface area contributed by atoms with E-state index in [1.165, 1.54) is 5.56 Å². The van der Waals surface area contributed by atoms with Gasteiger partial charge in [0.2, 0.25) is 10.0 Å². The van der Waals surface area contributed by atoms with Crippen molar-refractivity contribution in [3.63, 3.8) is 0 Å². The quantitative estimate of drug-likeness (QED) is 0.724. The van der Waals surface area contributed by atoms with Gasteiger partial charge < -0.3 is 15.4 Å². The summed E-state index contributed by atoms with van der Waals surface area (Å²) in [5.74, 6) is 0.860. The molecule has 0 aliphatic carbocycles. The predicted octanol–water partition coefficient (Wildman–Crippen LogP) is 2.12. The summed E-state index contributed by atoms with van der Waals surface area (Å²) in [7, 11) is -1.14. The van der Waals surface area contributed by atoms with E-state index in [9.17, 15) is 8.42 Å². The number of anilines is 2. The summed E-state index contributed by atoms with van der Waals surface area (Å²) in [4.78, 5) is 2.22. The molecule has 26 heavy (non-hydrogen) atoms. The van der Waals surface area contributed by atoms with E-state index in [0.717, 1.165) is 36.5 Å². The van der Waals surface area contributed by atoms with E-state index in [2.05, 4.69) is 28.8 Å². The molecule has 3 N–H and O–H groups in total. The van der Waals surface area contributed by atoms with E-state index in [1.807, 2.05) is 24.3 Å². The number of nitrogens with two attached hydrogens (primary N) is 1. The second-order valence-electron chi connectivity index (χ2n) is 6.60. The van der Waals surface area contributed by atoms with Crippen LogP contribution >= 0.6 is 0 Å². The molecule has 0 radical (unpaired) electrons. The topological polar surface area (TPSA) is 84.7 Å². The van der Waals surface area contributed by atoms with Gasteiger partial charge in [-0.25, -0.2) is 8.42 Å². The van der Waals surface area contributed by atoms with Gasteiger partial charge in [0, 0.05) is 24.3 Å². The van der Waals surface area contributed by atoms with E-state index < -0.39 is 10.0 Å². The Balaban J connectivity index is 1.48. The molecular formula is C19H25N3O3S. The van der Waals surface area contributed by atoms with Crippen LogP contribution in [0.25, 0.3) is 0 Å². The first-order chi connectivity index (χ1) is 12.4. The third kappa shape index (κ3) is 4.89. The zero-order chi connectivity index (χ0) is 18.6. The third-order valence-corrected chi connectivity index (χ3v) is 5.78. The van der Waals surface area contributed by atoms with Gasteiger partial charge in [0.25, 0.3) is 0 Å². The Bertz CT molecular complexity index is 851. The van der Waals surface area contributed by atoms with Crippen LogP contribution in [0.3, 0.4) is 0 Å². The Morgan fingerprint density at radius 1 is 1.15 bits per heavy atom. The normalized spacial score (nSPS) is 15.3. The van der Waals surface area contributed by atoms with Crippen molar-refractivity contribution in [2.45, 2.75) is 12.8 Å². The third-order valence-electron chi connectivity index (χ3n) is 4.51. The molecule has 0 bridgehead atoms. The van der Waals surface area contributed by atoms with Crippen LogP contribution in [0.2, 0.25) is 0 Å². The summed E-state index contributed by atoms with van der Waals surface area (Å²) < 4.78 is 31.8. The molecule has 0 atom stereocenters. The molecule has 3 rings (SSSR count). The lowest BCUT2D eigenvalue weighted by Crippen LogP contribution is -2.27. The first-order valence-corrected chi connectivity index (χ1v) is 10.4. The number of nitrogens with zero attached hydrogens (tertiary/aromatic N) is 1. The van der Waals surface area contributed by atoms with Crippen molar-refractivity contribution in [2.24, 2.45) is 0 Å². The van der Waals surface area contributed by atoms with Crippen LogP contribution in [-0.2, 0) is 22.9 Å². The largest absolute Gasteiger partial charge is 0.492 e. The average molecular weight is 375 g/mol. The zero-order valence-corrected chi connectivity index (χ0v) is 15.8. The Hall–Kier alpha value is -2.25. The fraction of sp³-hybridized carbons (Fsp3) is 0.368. The van der Waals surface area contributed by atoms with E-state index >= 15 is 0 Å². The molecule has 0 amide bonds. The SMILES string of the molecule is CN(CCOc1cccc2c1CCS(=O)(=O)N2)CCc1ccc(N)cc1. The van der Waals surface area contributed by atoms with Gasteiger partial charge in [-0.3, -0.25) is 4.72 Å². The molecule has 0 unspecified atom stereocenters. The Kier molecular flexibility index (Phi) is 5.68. The average Bonchev–Trinajstić information content (AvgIpc) is 2.60. The van der Waals surface area contributed by atoms with Gasteiger partial charge in [-0.2, -0.15) is 0 Å². The van der Waals surface area contributed by atoms with E-state index in [4.69, 9.17) is 10.5 Å². The standard InChI is InChI=1S/C19H25N3O3S/c1-22(11-9-15-5-7-16(20)8-6-15)12-13-25-19-4-2-3-18-17(19)10-14-26(23,24)21-18/h2-8,21H,9-14,20H2,1H3. The smallest absolute Gasteiger partial charge is 0.233 e.